The zero-order valence-electron chi connectivity index (χ0n) is 8.56. The molecule has 0 heterocycles. The second-order valence-corrected chi connectivity index (χ2v) is 3.93. The molecule has 78 valence electrons. The number of hydrogen-bond acceptors (Lipinski definition) is 0. The van der Waals surface area contributed by atoms with E-state index in [2.05, 4.69) is 19.2 Å². The van der Waals surface area contributed by atoms with E-state index in [9.17, 15) is 4.39 Å². The highest BCUT2D eigenvalue weighted by molar-refractivity contribution is 6.31. The summed E-state index contributed by atoms with van der Waals surface area (Å²) >= 11 is 5.90. The molecule has 0 aliphatic rings. The molecule has 14 heavy (non-hydrogen) atoms. The third-order valence-corrected chi connectivity index (χ3v) is 2.78. The first-order valence-electron chi connectivity index (χ1n) is 4.91. The summed E-state index contributed by atoms with van der Waals surface area (Å²) in [5.41, 5.74) is 0.606. The van der Waals surface area contributed by atoms with Crippen molar-refractivity contribution in [3.63, 3.8) is 0 Å². The Labute approximate surface area is 89.3 Å². The number of nitrogens with two attached hydrogens (primary N) is 1. The lowest BCUT2D eigenvalue weighted by Gasteiger charge is -2.09. The highest BCUT2D eigenvalue weighted by Gasteiger charge is 2.10. The highest BCUT2D eigenvalue weighted by Crippen LogP contribution is 2.17. The summed E-state index contributed by atoms with van der Waals surface area (Å²) in [5, 5.41) is 2.62. The molecule has 0 aliphatic carbocycles. The summed E-state index contributed by atoms with van der Waals surface area (Å²) in [6.07, 6.45) is 1.08. The van der Waals surface area contributed by atoms with Gasteiger partial charge in [-0.25, -0.2) is 4.39 Å². The van der Waals surface area contributed by atoms with Gasteiger partial charge in [-0.3, -0.25) is 0 Å². The summed E-state index contributed by atoms with van der Waals surface area (Å²) in [6.45, 7) is 4.85. The van der Waals surface area contributed by atoms with Crippen LogP contribution in [0.2, 0.25) is 5.02 Å². The molecule has 0 aromatic heterocycles. The van der Waals surface area contributed by atoms with Crippen molar-refractivity contribution in [1.29, 1.82) is 0 Å². The van der Waals surface area contributed by atoms with E-state index in [0.29, 0.717) is 23.2 Å². The van der Waals surface area contributed by atoms with Gasteiger partial charge >= 0.3 is 0 Å². The van der Waals surface area contributed by atoms with Crippen LogP contribution in [0.3, 0.4) is 0 Å². The Kier molecular flexibility index (Phi) is 4.36. The maximum Gasteiger partial charge on any atom is 0.133 e. The van der Waals surface area contributed by atoms with Crippen LogP contribution < -0.4 is 5.32 Å². The molecule has 0 fully saturated rings. The molecule has 0 bridgehead atoms. The first-order valence-corrected chi connectivity index (χ1v) is 5.29. The molecule has 0 aliphatic heterocycles. The molecule has 1 aromatic rings. The minimum absolute atomic E-state index is 0.211. The fourth-order valence-corrected chi connectivity index (χ4v) is 1.45. The molecule has 0 unspecified atom stereocenters. The maximum atomic E-state index is 13.3. The van der Waals surface area contributed by atoms with Crippen LogP contribution in [0.1, 0.15) is 25.8 Å². The van der Waals surface area contributed by atoms with Gasteiger partial charge in [0.25, 0.3) is 0 Å². The quantitative estimate of drug-likeness (QED) is 0.796. The van der Waals surface area contributed by atoms with Crippen LogP contribution in [0.15, 0.2) is 18.2 Å². The number of hydrogen-bond donors (Lipinski definition) is 1. The second kappa shape index (κ2) is 5.32. The minimum atomic E-state index is -0.211. The molecule has 1 nitrogen and oxygen atoms in total. The van der Waals surface area contributed by atoms with E-state index < -0.39 is 0 Å². The first-order chi connectivity index (χ1) is 6.65. The van der Waals surface area contributed by atoms with Crippen molar-refractivity contribution in [2.45, 2.75) is 32.9 Å². The normalized spacial score (nSPS) is 12.9. The molecule has 0 spiro atoms. The Hall–Kier alpha value is -0.600. The molecule has 3 heteroatoms. The van der Waals surface area contributed by atoms with Crippen molar-refractivity contribution in [3.05, 3.63) is 34.6 Å². The standard InChI is InChI=1S/C11H15ClFN/c1-3-8(2)14-7-9-10(12)5-4-6-11(9)13/h4-6,8,14H,3,7H2,1-2H3/p+1/t8-/m0/s1. The molecule has 1 rings (SSSR count). The summed E-state index contributed by atoms with van der Waals surface area (Å²) < 4.78 is 13.3. The Balaban J connectivity index is 2.66. The van der Waals surface area contributed by atoms with Crippen LogP contribution in [0, 0.1) is 5.82 Å². The predicted molar refractivity (Wildman–Crippen MR) is 56.8 cm³/mol. The van der Waals surface area contributed by atoms with Gasteiger partial charge in [0.05, 0.1) is 16.6 Å². The smallest absolute Gasteiger partial charge is 0.133 e. The number of rotatable bonds is 4. The molecular formula is C11H16ClFN+. The largest absolute Gasteiger partial charge is 0.340 e. The summed E-state index contributed by atoms with van der Waals surface area (Å²) in [4.78, 5) is 0. The molecule has 0 saturated heterocycles. The summed E-state index contributed by atoms with van der Waals surface area (Å²) in [7, 11) is 0. The highest BCUT2D eigenvalue weighted by atomic mass is 35.5. The van der Waals surface area contributed by atoms with Gasteiger partial charge in [-0.1, -0.05) is 24.6 Å². The van der Waals surface area contributed by atoms with Gasteiger partial charge in [-0.15, -0.1) is 0 Å². The van der Waals surface area contributed by atoms with Gasteiger partial charge in [0, 0.05) is 0 Å². The first kappa shape index (κ1) is 11.5. The summed E-state index contributed by atoms with van der Waals surface area (Å²) in [5.74, 6) is -0.211. The average molecular weight is 217 g/mol. The van der Waals surface area contributed by atoms with Crippen LogP contribution in [-0.4, -0.2) is 6.04 Å². The van der Waals surface area contributed by atoms with E-state index in [4.69, 9.17) is 11.6 Å². The minimum Gasteiger partial charge on any atom is -0.340 e. The number of quaternary nitrogens is 1. The molecule has 1 atom stereocenters. The molecule has 0 amide bonds. The Morgan fingerprint density at radius 2 is 2.21 bits per heavy atom. The van der Waals surface area contributed by atoms with Gasteiger partial charge < -0.3 is 5.32 Å². The average Bonchev–Trinajstić information content (AvgIpc) is 2.16. The zero-order chi connectivity index (χ0) is 10.6. The molecule has 1 aromatic carbocycles. The molecule has 0 saturated carbocycles. The third-order valence-electron chi connectivity index (χ3n) is 2.43. The van der Waals surface area contributed by atoms with E-state index in [1.54, 1.807) is 12.1 Å². The van der Waals surface area contributed by atoms with E-state index >= 15 is 0 Å². The van der Waals surface area contributed by atoms with Crippen molar-refractivity contribution in [2.75, 3.05) is 0 Å². The van der Waals surface area contributed by atoms with Gasteiger partial charge in [-0.2, -0.15) is 0 Å². The van der Waals surface area contributed by atoms with Crippen molar-refractivity contribution in [2.24, 2.45) is 0 Å². The zero-order valence-corrected chi connectivity index (χ0v) is 9.31. The van der Waals surface area contributed by atoms with Crippen molar-refractivity contribution in [1.82, 2.24) is 0 Å². The van der Waals surface area contributed by atoms with E-state index in [1.165, 1.54) is 6.07 Å². The fourth-order valence-electron chi connectivity index (χ4n) is 1.21. The fraction of sp³-hybridized carbons (Fsp3) is 0.455. The maximum absolute atomic E-state index is 13.3. The van der Waals surface area contributed by atoms with Crippen molar-refractivity contribution >= 4 is 11.6 Å². The monoisotopic (exact) mass is 216 g/mol. The lowest BCUT2D eigenvalue weighted by atomic mass is 10.2. The lowest BCUT2D eigenvalue weighted by molar-refractivity contribution is -0.701. The van der Waals surface area contributed by atoms with E-state index in [-0.39, 0.29) is 5.82 Å². The molecular weight excluding hydrogens is 201 g/mol. The van der Waals surface area contributed by atoms with Crippen LogP contribution in [0.4, 0.5) is 4.39 Å². The van der Waals surface area contributed by atoms with E-state index in [1.807, 2.05) is 0 Å². The van der Waals surface area contributed by atoms with Crippen LogP contribution in [0.5, 0.6) is 0 Å². The van der Waals surface area contributed by atoms with E-state index in [0.717, 1.165) is 6.42 Å². The number of benzene rings is 1. The van der Waals surface area contributed by atoms with Crippen molar-refractivity contribution in [3.8, 4) is 0 Å². The predicted octanol–water partition coefficient (Wildman–Crippen LogP) is 2.34. The van der Waals surface area contributed by atoms with Gasteiger partial charge in [0.1, 0.15) is 12.4 Å². The third kappa shape index (κ3) is 2.96. The Bertz CT molecular complexity index is 281. The van der Waals surface area contributed by atoms with Gasteiger partial charge in [0.2, 0.25) is 0 Å². The molecule has 2 N–H and O–H groups in total. The second-order valence-electron chi connectivity index (χ2n) is 3.53. The number of halogens is 2. The van der Waals surface area contributed by atoms with Crippen molar-refractivity contribution < 1.29 is 9.71 Å². The lowest BCUT2D eigenvalue weighted by Crippen LogP contribution is -2.87. The van der Waals surface area contributed by atoms with Gasteiger partial charge in [-0.05, 0) is 25.5 Å². The molecule has 0 radical (unpaired) electrons. The van der Waals surface area contributed by atoms with Gasteiger partial charge in [0.15, 0.2) is 0 Å². The Morgan fingerprint density at radius 1 is 1.50 bits per heavy atom. The Morgan fingerprint density at radius 3 is 2.79 bits per heavy atom. The SMILES string of the molecule is CC[C@H](C)[NH2+]Cc1c(F)cccc1Cl. The topological polar surface area (TPSA) is 16.6 Å². The summed E-state index contributed by atoms with van der Waals surface area (Å²) in [6, 6.07) is 5.31. The van der Waals surface area contributed by atoms with Crippen LogP contribution >= 0.6 is 11.6 Å². The van der Waals surface area contributed by atoms with Crippen LogP contribution in [-0.2, 0) is 6.54 Å². The van der Waals surface area contributed by atoms with Crippen LogP contribution in [0.25, 0.3) is 0 Å².